The zero-order valence-corrected chi connectivity index (χ0v) is 11.7. The van der Waals surface area contributed by atoms with Crippen LogP contribution in [0.5, 0.6) is 0 Å². The maximum Gasteiger partial charge on any atom is 0.189 e. The van der Waals surface area contributed by atoms with Gasteiger partial charge in [0.15, 0.2) is 5.96 Å². The molecule has 2 aliphatic rings. The molecular formula is C16H17N5. The summed E-state index contributed by atoms with van der Waals surface area (Å²) in [7, 11) is 0. The molecule has 3 N–H and O–H groups in total. The number of guanidine groups is 1. The molecule has 0 saturated carbocycles. The normalized spacial score (nSPS) is 23.5. The van der Waals surface area contributed by atoms with E-state index in [0.29, 0.717) is 5.96 Å². The van der Waals surface area contributed by atoms with Crippen LogP contribution in [0.25, 0.3) is 11.1 Å². The van der Waals surface area contributed by atoms with Gasteiger partial charge in [-0.1, -0.05) is 18.2 Å². The van der Waals surface area contributed by atoms with Crippen molar-refractivity contribution in [3.05, 3.63) is 48.0 Å². The molecule has 0 amide bonds. The Hall–Kier alpha value is -2.43. The van der Waals surface area contributed by atoms with Gasteiger partial charge in [0.1, 0.15) is 6.33 Å². The number of fused-ring (bicyclic) bond motifs is 1. The monoisotopic (exact) mass is 279 g/mol. The number of nitrogens with one attached hydrogen (secondary N) is 1. The minimum Gasteiger partial charge on any atom is -0.370 e. The van der Waals surface area contributed by atoms with Crippen LogP contribution in [0.1, 0.15) is 17.5 Å². The lowest BCUT2D eigenvalue weighted by Crippen LogP contribution is -2.51. The van der Waals surface area contributed by atoms with E-state index in [2.05, 4.69) is 38.5 Å². The van der Waals surface area contributed by atoms with E-state index in [4.69, 9.17) is 5.73 Å². The molecule has 0 bridgehead atoms. The third-order valence-corrected chi connectivity index (χ3v) is 4.47. The fraction of sp³-hybridized carbons (Fsp3) is 0.312. The molecular weight excluding hydrogens is 262 g/mol. The van der Waals surface area contributed by atoms with Crippen molar-refractivity contribution in [2.45, 2.75) is 24.8 Å². The minimum atomic E-state index is 0.0168. The Labute approximate surface area is 123 Å². The summed E-state index contributed by atoms with van der Waals surface area (Å²) in [5.74, 6) is 0.575. The maximum absolute atomic E-state index is 5.80. The van der Waals surface area contributed by atoms with E-state index in [0.717, 1.165) is 31.4 Å². The molecule has 0 saturated heterocycles. The van der Waals surface area contributed by atoms with Gasteiger partial charge in [-0.05, 0) is 36.0 Å². The average Bonchev–Trinajstić information content (AvgIpc) is 2.88. The van der Waals surface area contributed by atoms with Crippen molar-refractivity contribution in [1.82, 2.24) is 15.3 Å². The van der Waals surface area contributed by atoms with E-state index in [1.807, 2.05) is 12.4 Å². The molecule has 0 fully saturated rings. The molecule has 1 aliphatic carbocycles. The highest BCUT2D eigenvalue weighted by atomic mass is 15.2. The molecule has 2 heterocycles. The number of aliphatic imine (C=N–C) groups is 1. The Morgan fingerprint density at radius 2 is 2.05 bits per heavy atom. The summed E-state index contributed by atoms with van der Waals surface area (Å²) in [4.78, 5) is 12.6. The van der Waals surface area contributed by atoms with Crippen molar-refractivity contribution in [3.63, 3.8) is 0 Å². The van der Waals surface area contributed by atoms with Gasteiger partial charge < -0.3 is 11.1 Å². The topological polar surface area (TPSA) is 76.2 Å². The van der Waals surface area contributed by atoms with Crippen LogP contribution in [0.15, 0.2) is 41.9 Å². The molecule has 5 nitrogen and oxygen atoms in total. The molecule has 1 aromatic carbocycles. The largest absolute Gasteiger partial charge is 0.370 e. The third-order valence-electron chi connectivity index (χ3n) is 4.47. The van der Waals surface area contributed by atoms with Crippen LogP contribution < -0.4 is 11.1 Å². The van der Waals surface area contributed by atoms with Crippen LogP contribution in [-0.4, -0.2) is 28.0 Å². The summed E-state index contributed by atoms with van der Waals surface area (Å²) < 4.78 is 0. The molecule has 0 radical (unpaired) electrons. The minimum absolute atomic E-state index is 0.0168. The lowest BCUT2D eigenvalue weighted by molar-refractivity contribution is 0.362. The lowest BCUT2D eigenvalue weighted by atomic mass is 9.76. The SMILES string of the molecule is NC1=NCC2(CCc3c(cccc3-c3cncnc3)C2)N1. The first-order valence-corrected chi connectivity index (χ1v) is 7.20. The zero-order chi connectivity index (χ0) is 14.3. The molecule has 21 heavy (non-hydrogen) atoms. The van der Waals surface area contributed by atoms with Crippen molar-refractivity contribution < 1.29 is 0 Å². The van der Waals surface area contributed by atoms with Crippen LogP contribution >= 0.6 is 0 Å². The van der Waals surface area contributed by atoms with Gasteiger partial charge in [0.25, 0.3) is 0 Å². The van der Waals surface area contributed by atoms with E-state index in [-0.39, 0.29) is 5.54 Å². The van der Waals surface area contributed by atoms with Crippen LogP contribution in [0.4, 0.5) is 0 Å². The highest BCUT2D eigenvalue weighted by Crippen LogP contribution is 2.36. The van der Waals surface area contributed by atoms with Crippen LogP contribution in [0.3, 0.4) is 0 Å². The van der Waals surface area contributed by atoms with Gasteiger partial charge in [-0.25, -0.2) is 9.97 Å². The zero-order valence-electron chi connectivity index (χ0n) is 11.7. The van der Waals surface area contributed by atoms with Crippen LogP contribution in [-0.2, 0) is 12.8 Å². The summed E-state index contributed by atoms with van der Waals surface area (Å²) in [6.45, 7) is 0.775. The summed E-state index contributed by atoms with van der Waals surface area (Å²) in [5.41, 5.74) is 10.9. The molecule has 1 spiro atoms. The standard InChI is InChI=1S/C16H17N5/c17-15-20-9-16(21-15)5-4-14-11(6-16)2-1-3-13(14)12-7-18-10-19-8-12/h1-3,7-8,10H,4-6,9H2,(H3,17,20,21). The second-order valence-electron chi connectivity index (χ2n) is 5.85. The van der Waals surface area contributed by atoms with Crippen LogP contribution in [0.2, 0.25) is 0 Å². The fourth-order valence-electron chi connectivity index (χ4n) is 3.45. The molecule has 106 valence electrons. The van der Waals surface area contributed by atoms with Crippen molar-refractivity contribution in [1.29, 1.82) is 0 Å². The van der Waals surface area contributed by atoms with Gasteiger partial charge in [0.05, 0.1) is 12.1 Å². The Morgan fingerprint density at radius 3 is 2.81 bits per heavy atom. The summed E-state index contributed by atoms with van der Waals surface area (Å²) in [6, 6.07) is 6.47. The Morgan fingerprint density at radius 1 is 1.19 bits per heavy atom. The number of nitrogens with two attached hydrogens (primary N) is 1. The third kappa shape index (κ3) is 2.05. The maximum atomic E-state index is 5.80. The summed E-state index contributed by atoms with van der Waals surface area (Å²) in [6.07, 6.45) is 8.36. The lowest BCUT2D eigenvalue weighted by Gasteiger charge is -2.35. The number of hydrogen-bond acceptors (Lipinski definition) is 5. The van der Waals surface area contributed by atoms with E-state index in [1.54, 1.807) is 6.33 Å². The molecule has 4 rings (SSSR count). The van der Waals surface area contributed by atoms with E-state index in [9.17, 15) is 0 Å². The molecule has 1 aromatic heterocycles. The van der Waals surface area contributed by atoms with Gasteiger partial charge in [-0.3, -0.25) is 4.99 Å². The van der Waals surface area contributed by atoms with Gasteiger partial charge in [-0.15, -0.1) is 0 Å². The van der Waals surface area contributed by atoms with Crippen LogP contribution in [0, 0.1) is 0 Å². The Bertz CT molecular complexity index is 710. The molecule has 2 aromatic rings. The number of rotatable bonds is 1. The van der Waals surface area contributed by atoms with Gasteiger partial charge in [-0.2, -0.15) is 0 Å². The number of hydrogen-bond donors (Lipinski definition) is 2. The molecule has 1 aliphatic heterocycles. The quantitative estimate of drug-likeness (QED) is 0.824. The summed E-state index contributed by atoms with van der Waals surface area (Å²) >= 11 is 0. The first-order chi connectivity index (χ1) is 10.3. The highest BCUT2D eigenvalue weighted by Gasteiger charge is 2.38. The second kappa shape index (κ2) is 4.55. The molecule has 1 unspecified atom stereocenters. The molecule has 5 heteroatoms. The second-order valence-corrected chi connectivity index (χ2v) is 5.85. The Kier molecular flexibility index (Phi) is 2.67. The van der Waals surface area contributed by atoms with Crippen molar-refractivity contribution in [3.8, 4) is 11.1 Å². The number of benzene rings is 1. The van der Waals surface area contributed by atoms with Crippen molar-refractivity contribution in [2.75, 3.05) is 6.54 Å². The highest BCUT2D eigenvalue weighted by molar-refractivity contribution is 5.81. The van der Waals surface area contributed by atoms with E-state index >= 15 is 0 Å². The van der Waals surface area contributed by atoms with Gasteiger partial charge in [0.2, 0.25) is 0 Å². The van der Waals surface area contributed by atoms with Crippen molar-refractivity contribution >= 4 is 5.96 Å². The number of nitrogens with zero attached hydrogens (tertiary/aromatic N) is 3. The predicted octanol–water partition coefficient (Wildman–Crippen LogP) is 1.29. The number of aromatic nitrogens is 2. The first kappa shape index (κ1) is 12.3. The first-order valence-electron chi connectivity index (χ1n) is 7.20. The summed E-state index contributed by atoms with van der Waals surface area (Å²) in [5, 5.41) is 3.37. The van der Waals surface area contributed by atoms with Gasteiger partial charge in [0, 0.05) is 18.0 Å². The predicted molar refractivity (Wildman–Crippen MR) is 81.8 cm³/mol. The van der Waals surface area contributed by atoms with E-state index in [1.165, 1.54) is 16.7 Å². The fourth-order valence-corrected chi connectivity index (χ4v) is 3.45. The smallest absolute Gasteiger partial charge is 0.189 e. The average molecular weight is 279 g/mol. The van der Waals surface area contributed by atoms with Crippen molar-refractivity contribution in [2.24, 2.45) is 10.7 Å². The van der Waals surface area contributed by atoms with Gasteiger partial charge >= 0.3 is 0 Å². The Balaban J connectivity index is 1.72. The van der Waals surface area contributed by atoms with E-state index < -0.39 is 0 Å². The molecule has 1 atom stereocenters.